The van der Waals surface area contributed by atoms with E-state index < -0.39 is 24.1 Å². The Bertz CT molecular complexity index is 1030. The molecule has 3 aliphatic rings. The highest BCUT2D eigenvalue weighted by molar-refractivity contribution is 5.88. The van der Waals surface area contributed by atoms with Gasteiger partial charge in [-0.25, -0.2) is 4.79 Å². The van der Waals surface area contributed by atoms with Gasteiger partial charge in [0.05, 0.1) is 12.5 Å². The second kappa shape index (κ2) is 12.0. The average Bonchev–Trinajstić information content (AvgIpc) is 3.23. The second-order valence-corrected chi connectivity index (χ2v) is 11.4. The van der Waals surface area contributed by atoms with Crippen LogP contribution in [-0.2, 0) is 30.3 Å². The Morgan fingerprint density at radius 1 is 1.16 bits per heavy atom. The van der Waals surface area contributed by atoms with Gasteiger partial charge in [0.1, 0.15) is 18.4 Å². The van der Waals surface area contributed by atoms with Gasteiger partial charge in [-0.2, -0.15) is 0 Å². The normalized spacial score (nSPS) is 21.6. The van der Waals surface area contributed by atoms with Gasteiger partial charge in [0.15, 0.2) is 0 Å². The molecule has 1 saturated carbocycles. The van der Waals surface area contributed by atoms with Crippen LogP contribution >= 0.6 is 0 Å². The summed E-state index contributed by atoms with van der Waals surface area (Å²) in [5, 5.41) is 8.07. The van der Waals surface area contributed by atoms with E-state index in [-0.39, 0.29) is 41.6 Å². The SMILES string of the molecule is CC(C)C[C@H](NC(=O)OC1CC2(C1)CN(C(=O)Cc1ccccc1)C2)C(=O)N[C@H](C=O)C[C@H]1CCNC1=O. The van der Waals surface area contributed by atoms with Crippen LogP contribution in [0.1, 0.15) is 51.5 Å². The predicted molar refractivity (Wildman–Crippen MR) is 139 cm³/mol. The molecular weight excluding hydrogens is 488 g/mol. The van der Waals surface area contributed by atoms with Crippen molar-refractivity contribution in [3.8, 4) is 0 Å². The summed E-state index contributed by atoms with van der Waals surface area (Å²) in [6.07, 6.45) is 2.71. The molecule has 0 aromatic heterocycles. The zero-order chi connectivity index (χ0) is 27.3. The molecule has 0 radical (unpaired) electrons. The molecule has 1 aromatic rings. The maximum atomic E-state index is 12.9. The molecule has 4 rings (SSSR count). The minimum Gasteiger partial charge on any atom is -0.446 e. The zero-order valence-electron chi connectivity index (χ0n) is 22.1. The molecule has 206 valence electrons. The highest BCUT2D eigenvalue weighted by Gasteiger charge is 2.55. The van der Waals surface area contributed by atoms with Crippen molar-refractivity contribution in [2.24, 2.45) is 17.3 Å². The number of hydrogen-bond acceptors (Lipinski definition) is 6. The van der Waals surface area contributed by atoms with Gasteiger partial charge in [-0.3, -0.25) is 14.4 Å². The molecule has 2 aliphatic heterocycles. The number of ether oxygens (including phenoxy) is 1. The molecule has 2 saturated heterocycles. The van der Waals surface area contributed by atoms with E-state index in [1.807, 2.05) is 49.1 Å². The number of hydrogen-bond donors (Lipinski definition) is 3. The Hall–Kier alpha value is -3.43. The van der Waals surface area contributed by atoms with Crippen molar-refractivity contribution in [2.75, 3.05) is 19.6 Å². The molecule has 3 fully saturated rings. The van der Waals surface area contributed by atoms with Crippen LogP contribution in [-0.4, -0.2) is 72.8 Å². The molecule has 10 heteroatoms. The maximum Gasteiger partial charge on any atom is 0.408 e. The Labute approximate surface area is 223 Å². The number of benzene rings is 1. The van der Waals surface area contributed by atoms with Crippen LogP contribution in [0.4, 0.5) is 4.79 Å². The molecule has 3 atom stereocenters. The number of carbonyl (C=O) groups excluding carboxylic acids is 5. The minimum atomic E-state index is -0.855. The molecule has 38 heavy (non-hydrogen) atoms. The Morgan fingerprint density at radius 2 is 1.87 bits per heavy atom. The van der Waals surface area contributed by atoms with E-state index in [2.05, 4.69) is 16.0 Å². The molecule has 3 N–H and O–H groups in total. The van der Waals surface area contributed by atoms with Crippen LogP contribution in [0.25, 0.3) is 0 Å². The third-order valence-electron chi connectivity index (χ3n) is 7.71. The monoisotopic (exact) mass is 526 g/mol. The molecule has 4 amide bonds. The van der Waals surface area contributed by atoms with Crippen LogP contribution < -0.4 is 16.0 Å². The first-order valence-corrected chi connectivity index (χ1v) is 13.5. The summed E-state index contributed by atoms with van der Waals surface area (Å²) < 4.78 is 5.57. The first-order chi connectivity index (χ1) is 18.2. The van der Waals surface area contributed by atoms with Crippen molar-refractivity contribution in [2.45, 2.75) is 70.6 Å². The van der Waals surface area contributed by atoms with E-state index in [1.165, 1.54) is 0 Å². The predicted octanol–water partition coefficient (Wildman–Crippen LogP) is 1.57. The van der Waals surface area contributed by atoms with Gasteiger partial charge in [-0.15, -0.1) is 0 Å². The Morgan fingerprint density at radius 3 is 2.47 bits per heavy atom. The topological polar surface area (TPSA) is 134 Å². The maximum absolute atomic E-state index is 12.9. The van der Waals surface area contributed by atoms with Crippen molar-refractivity contribution in [3.05, 3.63) is 35.9 Å². The van der Waals surface area contributed by atoms with E-state index >= 15 is 0 Å². The summed E-state index contributed by atoms with van der Waals surface area (Å²) in [6.45, 7) is 5.78. The Kier molecular flexibility index (Phi) is 8.69. The van der Waals surface area contributed by atoms with Gasteiger partial charge in [0.2, 0.25) is 17.7 Å². The van der Waals surface area contributed by atoms with Crippen molar-refractivity contribution in [3.63, 3.8) is 0 Å². The zero-order valence-corrected chi connectivity index (χ0v) is 22.1. The van der Waals surface area contributed by atoms with E-state index in [9.17, 15) is 24.0 Å². The van der Waals surface area contributed by atoms with Crippen LogP contribution in [0.3, 0.4) is 0 Å². The van der Waals surface area contributed by atoms with Crippen molar-refractivity contribution < 1.29 is 28.7 Å². The van der Waals surface area contributed by atoms with Gasteiger partial charge < -0.3 is 30.4 Å². The van der Waals surface area contributed by atoms with Crippen molar-refractivity contribution in [1.82, 2.24) is 20.9 Å². The van der Waals surface area contributed by atoms with Gasteiger partial charge in [0.25, 0.3) is 0 Å². The van der Waals surface area contributed by atoms with Gasteiger partial charge >= 0.3 is 6.09 Å². The van der Waals surface area contributed by atoms with Crippen LogP contribution in [0.2, 0.25) is 0 Å². The summed E-state index contributed by atoms with van der Waals surface area (Å²) in [5.41, 5.74) is 1.00. The molecule has 1 spiro atoms. The van der Waals surface area contributed by atoms with Gasteiger partial charge in [-0.05, 0) is 43.6 Å². The largest absolute Gasteiger partial charge is 0.446 e. The van der Waals surface area contributed by atoms with Crippen LogP contribution in [0.5, 0.6) is 0 Å². The van der Waals surface area contributed by atoms with Crippen LogP contribution in [0.15, 0.2) is 30.3 Å². The molecule has 1 aromatic carbocycles. The summed E-state index contributed by atoms with van der Waals surface area (Å²) in [6, 6.07) is 8.00. The molecule has 0 bridgehead atoms. The third-order valence-corrected chi connectivity index (χ3v) is 7.71. The van der Waals surface area contributed by atoms with E-state index in [0.717, 1.165) is 5.56 Å². The van der Waals surface area contributed by atoms with E-state index in [4.69, 9.17) is 4.74 Å². The lowest BCUT2D eigenvalue weighted by atomic mass is 9.61. The summed E-state index contributed by atoms with van der Waals surface area (Å²) in [5.74, 6) is -0.673. The number of amides is 4. The number of alkyl carbamates (subject to hydrolysis) is 1. The second-order valence-electron chi connectivity index (χ2n) is 11.4. The summed E-state index contributed by atoms with van der Waals surface area (Å²) >= 11 is 0. The number of likely N-dealkylation sites (tertiary alicyclic amines) is 1. The van der Waals surface area contributed by atoms with E-state index in [1.54, 1.807) is 0 Å². The molecule has 10 nitrogen and oxygen atoms in total. The highest BCUT2D eigenvalue weighted by atomic mass is 16.6. The molecule has 2 heterocycles. The number of aldehydes is 1. The number of nitrogens with one attached hydrogen (secondary N) is 3. The Balaban J connectivity index is 1.20. The summed E-state index contributed by atoms with van der Waals surface area (Å²) in [7, 11) is 0. The van der Waals surface area contributed by atoms with Crippen molar-refractivity contribution >= 4 is 30.1 Å². The number of carbonyl (C=O) groups is 5. The van der Waals surface area contributed by atoms with Gasteiger partial charge in [-0.1, -0.05) is 44.2 Å². The standard InChI is InChI=1S/C28H38N4O6/c1-18(2)10-23(26(36)30-21(15-33)12-20-8-9-29-25(20)35)31-27(37)38-22-13-28(14-22)16-32(17-28)24(34)11-19-6-4-3-5-7-19/h3-7,15,18,20-23H,8-14,16-17H2,1-2H3,(H,29,35)(H,30,36)(H,31,37)/t20-,21+,23+/m1/s1. The first kappa shape index (κ1) is 27.6. The van der Waals surface area contributed by atoms with Crippen LogP contribution in [0, 0.1) is 17.3 Å². The fraction of sp³-hybridized carbons (Fsp3) is 0.607. The van der Waals surface area contributed by atoms with E-state index in [0.29, 0.717) is 58.0 Å². The quantitative estimate of drug-likeness (QED) is 0.375. The molecule has 0 unspecified atom stereocenters. The lowest BCUT2D eigenvalue weighted by Gasteiger charge is -2.58. The minimum absolute atomic E-state index is 0.00964. The molecule has 1 aliphatic carbocycles. The fourth-order valence-electron chi connectivity index (χ4n) is 5.71. The number of rotatable bonds is 11. The lowest BCUT2D eigenvalue weighted by molar-refractivity contribution is -0.162. The fourth-order valence-corrected chi connectivity index (χ4v) is 5.71. The number of nitrogens with zero attached hydrogens (tertiary/aromatic N) is 1. The highest BCUT2D eigenvalue weighted by Crippen LogP contribution is 2.49. The lowest BCUT2D eigenvalue weighted by Crippen LogP contribution is -2.66. The average molecular weight is 527 g/mol. The summed E-state index contributed by atoms with van der Waals surface area (Å²) in [4.78, 5) is 63.3. The first-order valence-electron chi connectivity index (χ1n) is 13.5. The van der Waals surface area contributed by atoms with Crippen molar-refractivity contribution in [1.29, 1.82) is 0 Å². The molecular formula is C28H38N4O6. The smallest absolute Gasteiger partial charge is 0.408 e. The third kappa shape index (κ3) is 6.90. The van der Waals surface area contributed by atoms with Gasteiger partial charge in [0, 0.05) is 31.0 Å².